The Kier molecular flexibility index (Phi) is 46.4. The van der Waals surface area contributed by atoms with Crippen LogP contribution in [0.15, 0.2) is 0 Å². The summed E-state index contributed by atoms with van der Waals surface area (Å²) in [7, 11) is -5.39. The normalized spacial score (nSPS) is 9.75. The molecule has 28 heavy (non-hydrogen) atoms. The number of hydrogen-bond donors (Lipinski definition) is 0. The Bertz CT molecular complexity index is 315. The van der Waals surface area contributed by atoms with Gasteiger partial charge in [-0.15, -0.1) is 0 Å². The van der Waals surface area contributed by atoms with Crippen molar-refractivity contribution in [3.8, 4) is 0 Å². The Balaban J connectivity index is -0.000000195. The molecular formula is C18H36Na3O6P. The van der Waals surface area contributed by atoms with E-state index in [0.717, 1.165) is 12.8 Å². The average molecular weight is 448 g/mol. The van der Waals surface area contributed by atoms with Crippen molar-refractivity contribution in [2.45, 2.75) is 104 Å². The summed E-state index contributed by atoms with van der Waals surface area (Å²) in [5.74, 6) is 0.00659. The Labute approximate surface area is 238 Å². The van der Waals surface area contributed by atoms with Gasteiger partial charge in [0.1, 0.15) is 0 Å². The van der Waals surface area contributed by atoms with Crippen LogP contribution in [0.3, 0.4) is 0 Å². The first-order valence-electron chi connectivity index (χ1n) is 9.69. The van der Waals surface area contributed by atoms with Gasteiger partial charge in [-0.1, -0.05) is 84.5 Å². The van der Waals surface area contributed by atoms with Crippen LogP contribution in [0.1, 0.15) is 104 Å². The van der Waals surface area contributed by atoms with Crippen molar-refractivity contribution in [1.29, 1.82) is 0 Å². The minimum absolute atomic E-state index is 0. The fraction of sp³-hybridized carbons (Fsp3) is 0.944. The average Bonchev–Trinajstić information content (AvgIpc) is 2.51. The monoisotopic (exact) mass is 448 g/mol. The summed E-state index contributed by atoms with van der Waals surface area (Å²) in [5, 5.41) is 0. The van der Waals surface area contributed by atoms with Gasteiger partial charge in [-0.05, 0) is 12.8 Å². The number of carbonyl (C=O) groups excluding carboxylic acids is 1. The molecule has 0 saturated carbocycles. The first-order valence-corrected chi connectivity index (χ1v) is 11.2. The summed E-state index contributed by atoms with van der Waals surface area (Å²) < 4.78 is 13.8. The van der Waals surface area contributed by atoms with Gasteiger partial charge < -0.3 is 24.0 Å². The molecule has 0 bridgehead atoms. The standard InChI is InChI=1S/C18H36O2.3Na.H3O4P/c1-3-5-7-9-11-12-14-16-18(19)20-17-15-13-10-8-6-4-2;;;;1-5(2,3)4/h3-17H2,1-2H3;;;;(H3,1,2,3,4)/q;3*+1;/p-3. The van der Waals surface area contributed by atoms with E-state index in [-0.39, 0.29) is 94.6 Å². The second-order valence-electron chi connectivity index (χ2n) is 6.31. The van der Waals surface area contributed by atoms with E-state index in [9.17, 15) is 4.79 Å². The van der Waals surface area contributed by atoms with Gasteiger partial charge in [0, 0.05) is 6.42 Å². The van der Waals surface area contributed by atoms with Crippen LogP contribution in [0, 0.1) is 0 Å². The molecule has 0 atom stereocenters. The fourth-order valence-corrected chi connectivity index (χ4v) is 2.37. The maximum Gasteiger partial charge on any atom is 1.00 e. The molecule has 6 nitrogen and oxygen atoms in total. The fourth-order valence-electron chi connectivity index (χ4n) is 2.37. The molecule has 0 aromatic carbocycles. The van der Waals surface area contributed by atoms with Crippen molar-refractivity contribution in [2.75, 3.05) is 6.61 Å². The number of carbonyl (C=O) groups is 1. The molecule has 0 heterocycles. The molecule has 0 N–H and O–H groups in total. The Morgan fingerprint density at radius 3 is 1.39 bits per heavy atom. The van der Waals surface area contributed by atoms with E-state index < -0.39 is 7.82 Å². The van der Waals surface area contributed by atoms with Gasteiger partial charge in [0.25, 0.3) is 0 Å². The Morgan fingerprint density at radius 2 is 1.00 bits per heavy atom. The van der Waals surface area contributed by atoms with Crippen molar-refractivity contribution < 1.29 is 117 Å². The second kappa shape index (κ2) is 31.8. The minimum Gasteiger partial charge on any atom is -0.822 e. The summed E-state index contributed by atoms with van der Waals surface area (Å²) in [6, 6.07) is 0. The molecule has 0 fully saturated rings. The number of ether oxygens (including phenoxy) is 1. The number of esters is 1. The minimum atomic E-state index is -5.39. The van der Waals surface area contributed by atoms with E-state index >= 15 is 0 Å². The zero-order valence-electron chi connectivity index (χ0n) is 19.0. The van der Waals surface area contributed by atoms with Crippen molar-refractivity contribution in [2.24, 2.45) is 0 Å². The van der Waals surface area contributed by atoms with Crippen LogP contribution in [-0.4, -0.2) is 12.6 Å². The van der Waals surface area contributed by atoms with Crippen LogP contribution in [0.2, 0.25) is 0 Å². The van der Waals surface area contributed by atoms with Gasteiger partial charge in [0.2, 0.25) is 0 Å². The zero-order valence-corrected chi connectivity index (χ0v) is 25.9. The summed E-state index contributed by atoms with van der Waals surface area (Å²) in [4.78, 5) is 37.1. The van der Waals surface area contributed by atoms with E-state index in [1.54, 1.807) is 0 Å². The van der Waals surface area contributed by atoms with Gasteiger partial charge in [0.05, 0.1) is 6.61 Å². The molecule has 0 aliphatic heterocycles. The molecule has 0 aromatic rings. The Hall–Kier alpha value is 2.58. The molecule has 0 rings (SSSR count). The molecule has 152 valence electrons. The zero-order chi connectivity index (χ0) is 19.4. The first-order chi connectivity index (χ1) is 11.8. The molecule has 0 aliphatic carbocycles. The van der Waals surface area contributed by atoms with Crippen LogP contribution in [0.5, 0.6) is 0 Å². The van der Waals surface area contributed by atoms with Gasteiger partial charge in [-0.2, -0.15) is 7.82 Å². The predicted molar refractivity (Wildman–Crippen MR) is 94.6 cm³/mol. The molecule has 0 spiro atoms. The third kappa shape index (κ3) is 51.3. The van der Waals surface area contributed by atoms with E-state index in [1.165, 1.54) is 70.6 Å². The van der Waals surface area contributed by atoms with Gasteiger partial charge in [0.15, 0.2) is 0 Å². The largest absolute Gasteiger partial charge is 1.00 e. The third-order valence-corrected chi connectivity index (χ3v) is 3.75. The summed E-state index contributed by atoms with van der Waals surface area (Å²) in [6.07, 6.45) is 16.8. The van der Waals surface area contributed by atoms with Crippen LogP contribution < -0.4 is 103 Å². The molecule has 0 radical (unpaired) electrons. The topological polar surface area (TPSA) is 113 Å². The summed E-state index contributed by atoms with van der Waals surface area (Å²) in [6.45, 7) is 5.09. The molecule has 0 aliphatic rings. The van der Waals surface area contributed by atoms with E-state index in [2.05, 4.69) is 13.8 Å². The predicted octanol–water partition coefficient (Wildman–Crippen LogP) is -5.78. The maximum atomic E-state index is 11.5. The number of unbranched alkanes of at least 4 members (excludes halogenated alkanes) is 11. The molecule has 0 unspecified atom stereocenters. The van der Waals surface area contributed by atoms with Crippen LogP contribution in [-0.2, 0) is 14.1 Å². The van der Waals surface area contributed by atoms with Crippen LogP contribution in [0.25, 0.3) is 0 Å². The van der Waals surface area contributed by atoms with Crippen molar-refractivity contribution >= 4 is 13.8 Å². The van der Waals surface area contributed by atoms with E-state index in [1.807, 2.05) is 0 Å². The quantitative estimate of drug-likeness (QED) is 0.107. The van der Waals surface area contributed by atoms with Crippen molar-refractivity contribution in [3.63, 3.8) is 0 Å². The van der Waals surface area contributed by atoms with Crippen molar-refractivity contribution in [3.05, 3.63) is 0 Å². The molecule has 0 aromatic heterocycles. The molecule has 0 saturated heterocycles. The van der Waals surface area contributed by atoms with Crippen LogP contribution in [0.4, 0.5) is 0 Å². The summed E-state index contributed by atoms with van der Waals surface area (Å²) in [5.41, 5.74) is 0. The number of hydrogen-bond acceptors (Lipinski definition) is 6. The van der Waals surface area contributed by atoms with Crippen molar-refractivity contribution in [1.82, 2.24) is 0 Å². The van der Waals surface area contributed by atoms with E-state index in [4.69, 9.17) is 24.0 Å². The molecular weight excluding hydrogens is 412 g/mol. The maximum absolute atomic E-state index is 11.5. The van der Waals surface area contributed by atoms with Gasteiger partial charge in [-0.3, -0.25) is 4.79 Å². The van der Waals surface area contributed by atoms with Gasteiger partial charge >= 0.3 is 94.6 Å². The molecule has 10 heteroatoms. The van der Waals surface area contributed by atoms with Gasteiger partial charge in [-0.25, -0.2) is 0 Å². The number of rotatable bonds is 15. The second-order valence-corrected chi connectivity index (χ2v) is 7.20. The smallest absolute Gasteiger partial charge is 0.822 e. The van der Waals surface area contributed by atoms with Crippen LogP contribution >= 0.6 is 7.82 Å². The molecule has 0 amide bonds. The third-order valence-electron chi connectivity index (χ3n) is 3.75. The number of phosphoric acid groups is 1. The first kappa shape index (κ1) is 40.9. The van der Waals surface area contributed by atoms with E-state index in [0.29, 0.717) is 13.0 Å². The SMILES string of the molecule is CCCCCCCCCC(=O)OCCCCCCCC.O=P([O-])([O-])[O-].[Na+].[Na+].[Na+]. The Morgan fingerprint density at radius 1 is 0.679 bits per heavy atom. The summed E-state index contributed by atoms with van der Waals surface area (Å²) >= 11 is 0.